The third-order valence-electron chi connectivity index (χ3n) is 3.13. The zero-order valence-corrected chi connectivity index (χ0v) is 9.83. The van der Waals surface area contributed by atoms with E-state index in [1.165, 1.54) is 12.0 Å². The molecule has 1 heteroatoms. The zero-order chi connectivity index (χ0) is 11.4. The maximum atomic E-state index is 11.8. The Kier molecular flexibility index (Phi) is 3.55. The van der Waals surface area contributed by atoms with Crippen LogP contribution in [0.15, 0.2) is 29.8 Å². The average molecular weight is 214 g/mol. The fraction of sp³-hybridized carbons (Fsp3) is 0.400. The van der Waals surface area contributed by atoms with Crippen molar-refractivity contribution < 1.29 is 4.79 Å². The SMILES string of the molecule is Cc1ccc(/C=C2/CCCCCC2=O)cc1. The first-order chi connectivity index (χ1) is 7.75. The Hall–Kier alpha value is -1.37. The molecule has 1 nitrogen and oxygen atoms in total. The van der Waals surface area contributed by atoms with E-state index in [0.717, 1.165) is 36.8 Å². The molecule has 0 bridgehead atoms. The third-order valence-corrected chi connectivity index (χ3v) is 3.13. The number of carbonyl (C=O) groups excluding carboxylic acids is 1. The molecule has 0 saturated heterocycles. The number of carbonyl (C=O) groups is 1. The molecule has 84 valence electrons. The molecule has 0 aromatic heterocycles. The Morgan fingerprint density at radius 3 is 2.44 bits per heavy atom. The van der Waals surface area contributed by atoms with E-state index in [1.807, 2.05) is 0 Å². The maximum absolute atomic E-state index is 11.8. The highest BCUT2D eigenvalue weighted by atomic mass is 16.1. The smallest absolute Gasteiger partial charge is 0.158 e. The van der Waals surface area contributed by atoms with Crippen molar-refractivity contribution in [2.24, 2.45) is 0 Å². The molecular formula is C15H18O. The zero-order valence-electron chi connectivity index (χ0n) is 9.83. The van der Waals surface area contributed by atoms with Gasteiger partial charge in [-0.1, -0.05) is 36.2 Å². The summed E-state index contributed by atoms with van der Waals surface area (Å²) in [5.41, 5.74) is 3.42. The third kappa shape index (κ3) is 2.82. The molecule has 1 saturated carbocycles. The molecule has 0 amide bonds. The molecule has 1 aromatic rings. The number of hydrogen-bond donors (Lipinski definition) is 0. The van der Waals surface area contributed by atoms with Crippen molar-refractivity contribution in [2.45, 2.75) is 39.0 Å². The van der Waals surface area contributed by atoms with Gasteiger partial charge in [0.05, 0.1) is 0 Å². The van der Waals surface area contributed by atoms with Gasteiger partial charge in [0.2, 0.25) is 0 Å². The molecule has 16 heavy (non-hydrogen) atoms. The van der Waals surface area contributed by atoms with Gasteiger partial charge in [-0.15, -0.1) is 0 Å². The van der Waals surface area contributed by atoms with Gasteiger partial charge in [0.1, 0.15) is 0 Å². The van der Waals surface area contributed by atoms with Crippen LogP contribution in [-0.2, 0) is 4.79 Å². The van der Waals surface area contributed by atoms with Crippen LogP contribution >= 0.6 is 0 Å². The normalized spacial score (nSPS) is 19.8. The first-order valence-electron chi connectivity index (χ1n) is 6.06. The number of rotatable bonds is 1. The Balaban J connectivity index is 2.21. The summed E-state index contributed by atoms with van der Waals surface area (Å²) >= 11 is 0. The summed E-state index contributed by atoms with van der Waals surface area (Å²) in [5, 5.41) is 0. The van der Waals surface area contributed by atoms with Crippen LogP contribution in [0.5, 0.6) is 0 Å². The second kappa shape index (κ2) is 5.11. The molecule has 0 aliphatic heterocycles. The summed E-state index contributed by atoms with van der Waals surface area (Å²) in [6.45, 7) is 2.08. The number of allylic oxidation sites excluding steroid dienone is 1. The first kappa shape index (κ1) is 11.1. The minimum atomic E-state index is 0.345. The van der Waals surface area contributed by atoms with Crippen molar-refractivity contribution in [3.8, 4) is 0 Å². The summed E-state index contributed by atoms with van der Waals surface area (Å²) in [5.74, 6) is 0.345. The van der Waals surface area contributed by atoms with Crippen molar-refractivity contribution in [1.29, 1.82) is 0 Å². The molecular weight excluding hydrogens is 196 g/mol. The number of ketones is 1. The predicted octanol–water partition coefficient (Wildman–Crippen LogP) is 3.91. The van der Waals surface area contributed by atoms with E-state index in [2.05, 4.69) is 37.3 Å². The van der Waals surface area contributed by atoms with Gasteiger partial charge >= 0.3 is 0 Å². The topological polar surface area (TPSA) is 17.1 Å². The standard InChI is InChI=1S/C15H18O/c1-12-7-9-13(10-8-12)11-14-5-3-2-4-6-15(14)16/h7-11H,2-6H2,1H3/b14-11-. The van der Waals surface area contributed by atoms with E-state index in [0.29, 0.717) is 5.78 Å². The van der Waals surface area contributed by atoms with Gasteiger partial charge in [0.15, 0.2) is 5.78 Å². The summed E-state index contributed by atoms with van der Waals surface area (Å²) in [7, 11) is 0. The fourth-order valence-electron chi connectivity index (χ4n) is 2.09. The van der Waals surface area contributed by atoms with E-state index in [9.17, 15) is 4.79 Å². The monoisotopic (exact) mass is 214 g/mol. The lowest BCUT2D eigenvalue weighted by Crippen LogP contribution is -1.99. The minimum absolute atomic E-state index is 0.345. The van der Waals surface area contributed by atoms with Crippen LogP contribution in [-0.4, -0.2) is 5.78 Å². The van der Waals surface area contributed by atoms with Crippen LogP contribution in [0.2, 0.25) is 0 Å². The molecule has 0 N–H and O–H groups in total. The van der Waals surface area contributed by atoms with Crippen molar-refractivity contribution in [2.75, 3.05) is 0 Å². The summed E-state index contributed by atoms with van der Waals surface area (Å²) in [6, 6.07) is 8.35. The van der Waals surface area contributed by atoms with Crippen LogP contribution in [0.4, 0.5) is 0 Å². The van der Waals surface area contributed by atoms with E-state index in [1.54, 1.807) is 0 Å². The lowest BCUT2D eigenvalue weighted by atomic mass is 10.0. The van der Waals surface area contributed by atoms with E-state index in [-0.39, 0.29) is 0 Å². The lowest BCUT2D eigenvalue weighted by molar-refractivity contribution is -0.115. The lowest BCUT2D eigenvalue weighted by Gasteiger charge is -2.02. The first-order valence-corrected chi connectivity index (χ1v) is 6.06. The molecule has 0 radical (unpaired) electrons. The Morgan fingerprint density at radius 1 is 1.00 bits per heavy atom. The van der Waals surface area contributed by atoms with Crippen molar-refractivity contribution in [3.05, 3.63) is 41.0 Å². The van der Waals surface area contributed by atoms with Crippen LogP contribution in [0.1, 0.15) is 43.2 Å². The number of Topliss-reactive ketones (excluding diaryl/α,β-unsaturated/α-hetero) is 1. The van der Waals surface area contributed by atoms with Gasteiger partial charge in [-0.2, -0.15) is 0 Å². The largest absolute Gasteiger partial charge is 0.295 e. The summed E-state index contributed by atoms with van der Waals surface area (Å²) < 4.78 is 0. The fourth-order valence-corrected chi connectivity index (χ4v) is 2.09. The average Bonchev–Trinajstić information content (AvgIpc) is 2.48. The predicted molar refractivity (Wildman–Crippen MR) is 67.2 cm³/mol. The van der Waals surface area contributed by atoms with Crippen LogP contribution in [0.3, 0.4) is 0 Å². The molecule has 1 fully saturated rings. The van der Waals surface area contributed by atoms with E-state index < -0.39 is 0 Å². The van der Waals surface area contributed by atoms with Gasteiger partial charge in [-0.3, -0.25) is 4.79 Å². The Labute approximate surface area is 97.2 Å². The summed E-state index contributed by atoms with van der Waals surface area (Å²) in [4.78, 5) is 11.8. The minimum Gasteiger partial charge on any atom is -0.295 e. The molecule has 0 heterocycles. The summed E-state index contributed by atoms with van der Waals surface area (Å²) in [6.07, 6.45) is 7.15. The van der Waals surface area contributed by atoms with Gasteiger partial charge < -0.3 is 0 Å². The number of benzene rings is 1. The molecule has 0 spiro atoms. The molecule has 1 aliphatic rings. The highest BCUT2D eigenvalue weighted by Crippen LogP contribution is 2.21. The van der Waals surface area contributed by atoms with Gasteiger partial charge in [-0.25, -0.2) is 0 Å². The van der Waals surface area contributed by atoms with Gasteiger partial charge in [0.25, 0.3) is 0 Å². The molecule has 1 aliphatic carbocycles. The molecule has 0 unspecified atom stereocenters. The van der Waals surface area contributed by atoms with Gasteiger partial charge in [-0.05, 0) is 43.4 Å². The Morgan fingerprint density at radius 2 is 1.69 bits per heavy atom. The molecule has 1 aromatic carbocycles. The van der Waals surface area contributed by atoms with Crippen molar-refractivity contribution in [3.63, 3.8) is 0 Å². The van der Waals surface area contributed by atoms with Crippen LogP contribution in [0, 0.1) is 6.92 Å². The van der Waals surface area contributed by atoms with Crippen molar-refractivity contribution in [1.82, 2.24) is 0 Å². The van der Waals surface area contributed by atoms with E-state index >= 15 is 0 Å². The highest BCUT2D eigenvalue weighted by Gasteiger charge is 2.12. The number of hydrogen-bond acceptors (Lipinski definition) is 1. The number of aryl methyl sites for hydroxylation is 1. The maximum Gasteiger partial charge on any atom is 0.158 e. The quantitative estimate of drug-likeness (QED) is 0.511. The van der Waals surface area contributed by atoms with Crippen molar-refractivity contribution >= 4 is 11.9 Å². The van der Waals surface area contributed by atoms with E-state index in [4.69, 9.17) is 0 Å². The Bertz CT molecular complexity index is 398. The van der Waals surface area contributed by atoms with Crippen LogP contribution in [0.25, 0.3) is 6.08 Å². The second-order valence-corrected chi connectivity index (χ2v) is 4.56. The van der Waals surface area contributed by atoms with Gasteiger partial charge in [0, 0.05) is 6.42 Å². The highest BCUT2D eigenvalue weighted by molar-refractivity contribution is 5.99. The second-order valence-electron chi connectivity index (χ2n) is 4.56. The molecule has 2 rings (SSSR count). The molecule has 0 atom stereocenters. The van der Waals surface area contributed by atoms with Crippen LogP contribution < -0.4 is 0 Å².